The molecule has 0 saturated heterocycles. The Balaban J connectivity index is 2.73. The van der Waals surface area contributed by atoms with Crippen LogP contribution in [0.15, 0.2) is 0 Å². The topological polar surface area (TPSA) is 0 Å². The second kappa shape index (κ2) is 5.56. The van der Waals surface area contributed by atoms with Crippen LogP contribution in [0.2, 0.25) is 0 Å². The average Bonchev–Trinajstić information content (AvgIpc) is 2.87. The van der Waals surface area contributed by atoms with E-state index in [0.29, 0.717) is 32.7 Å². The SMILES string of the molecule is [B]c1c([B])c([B])c2c(sc3c(C(C)(C)C)c([B])c([B])c([B])c32)c1[B]. The van der Waals surface area contributed by atoms with Crippen LogP contribution in [0.4, 0.5) is 0 Å². The second-order valence-corrected chi connectivity index (χ2v) is 8.05. The van der Waals surface area contributed by atoms with Crippen molar-refractivity contribution in [3.8, 4) is 0 Å². The van der Waals surface area contributed by atoms with Gasteiger partial charge in [0.25, 0.3) is 0 Å². The molecular weight excluding hydrogens is 300 g/mol. The summed E-state index contributed by atoms with van der Waals surface area (Å²) in [6, 6.07) is 0. The fourth-order valence-electron chi connectivity index (χ4n) is 3.14. The Bertz CT molecular complexity index is 1010. The van der Waals surface area contributed by atoms with Gasteiger partial charge in [0.2, 0.25) is 0 Å². The molecule has 0 N–H and O–H groups in total. The molecule has 0 aliphatic heterocycles. The zero-order valence-corrected chi connectivity index (χ0v) is 14.8. The van der Waals surface area contributed by atoms with Crippen molar-refractivity contribution in [1.82, 2.24) is 0 Å². The van der Waals surface area contributed by atoms with Gasteiger partial charge in [0.05, 0.1) is 0 Å². The lowest BCUT2D eigenvalue weighted by Crippen LogP contribution is -2.48. The van der Waals surface area contributed by atoms with E-state index in [1.54, 1.807) is 0 Å². The third kappa shape index (κ3) is 2.29. The van der Waals surface area contributed by atoms with Crippen molar-refractivity contribution in [2.75, 3.05) is 0 Å². The maximum absolute atomic E-state index is 6.28. The molecule has 14 radical (unpaired) electrons. The Morgan fingerprint density at radius 2 is 0.958 bits per heavy atom. The van der Waals surface area contributed by atoms with E-state index in [9.17, 15) is 0 Å². The van der Waals surface area contributed by atoms with E-state index in [0.717, 1.165) is 20.3 Å². The molecule has 0 aliphatic carbocycles. The van der Waals surface area contributed by atoms with E-state index in [-0.39, 0.29) is 16.3 Å². The Morgan fingerprint density at radius 3 is 1.46 bits per heavy atom. The van der Waals surface area contributed by atoms with Crippen LogP contribution in [-0.4, -0.2) is 54.9 Å². The highest BCUT2D eigenvalue weighted by molar-refractivity contribution is 7.27. The predicted octanol–water partition coefficient (Wildman–Crippen LogP) is -3.09. The number of hydrogen-bond donors (Lipinski definition) is 0. The van der Waals surface area contributed by atoms with E-state index in [1.807, 2.05) is 0 Å². The summed E-state index contributed by atoms with van der Waals surface area (Å²) in [4.78, 5) is 0. The molecule has 0 bridgehead atoms. The minimum atomic E-state index is -0.244. The number of benzene rings is 2. The minimum absolute atomic E-state index is 0.244. The van der Waals surface area contributed by atoms with E-state index < -0.39 is 0 Å². The summed E-state index contributed by atoms with van der Waals surface area (Å²) in [5, 5.41) is 1.43. The van der Waals surface area contributed by atoms with Crippen LogP contribution in [0, 0.1) is 0 Å². The summed E-state index contributed by atoms with van der Waals surface area (Å²) in [5.41, 5.74) is 3.19. The monoisotopic (exact) mass is 310 g/mol. The lowest BCUT2D eigenvalue weighted by Gasteiger charge is -2.26. The summed E-state index contributed by atoms with van der Waals surface area (Å²) in [6.07, 6.45) is 0. The Kier molecular flexibility index (Phi) is 4.15. The molecule has 0 unspecified atom stereocenters. The molecule has 8 heteroatoms. The van der Waals surface area contributed by atoms with Crippen LogP contribution >= 0.6 is 11.3 Å². The molecule has 0 fully saturated rings. The van der Waals surface area contributed by atoms with Gasteiger partial charge in [0.15, 0.2) is 0 Å². The van der Waals surface area contributed by atoms with E-state index in [1.165, 1.54) is 11.3 Å². The molecule has 0 nitrogen and oxygen atoms in total. The van der Waals surface area contributed by atoms with Crippen molar-refractivity contribution in [2.45, 2.75) is 26.2 Å². The average molecular weight is 309 g/mol. The first-order valence-corrected chi connectivity index (χ1v) is 8.25. The largest absolute Gasteiger partial charge is 0.136 e. The Labute approximate surface area is 156 Å². The summed E-state index contributed by atoms with van der Waals surface area (Å²) in [5.74, 6) is 0. The quantitative estimate of drug-likeness (QED) is 0.386. The normalized spacial score (nSPS) is 12.3. The lowest BCUT2D eigenvalue weighted by molar-refractivity contribution is 0.601. The predicted molar refractivity (Wildman–Crippen MR) is 116 cm³/mol. The molecule has 0 spiro atoms. The maximum atomic E-state index is 6.28. The van der Waals surface area contributed by atoms with Crippen LogP contribution in [0.5, 0.6) is 0 Å². The number of hydrogen-bond acceptors (Lipinski definition) is 1. The van der Waals surface area contributed by atoms with Gasteiger partial charge in [-0.2, -0.15) is 0 Å². The smallest absolute Gasteiger partial charge is 0.114 e. The van der Waals surface area contributed by atoms with E-state index in [2.05, 4.69) is 20.8 Å². The molecule has 2 aromatic carbocycles. The Morgan fingerprint density at radius 1 is 0.542 bits per heavy atom. The highest BCUT2D eigenvalue weighted by Gasteiger charge is 2.25. The van der Waals surface area contributed by atoms with Gasteiger partial charge < -0.3 is 0 Å². The number of fused-ring (bicyclic) bond motifs is 3. The molecule has 0 amide bonds. The molecular formula is C16H9B7S. The van der Waals surface area contributed by atoms with Gasteiger partial charge >= 0.3 is 0 Å². The van der Waals surface area contributed by atoms with Gasteiger partial charge in [-0.3, -0.25) is 0 Å². The highest BCUT2D eigenvalue weighted by Crippen LogP contribution is 2.36. The van der Waals surface area contributed by atoms with Gasteiger partial charge in [0.1, 0.15) is 54.9 Å². The minimum Gasteiger partial charge on any atom is -0.136 e. The number of rotatable bonds is 0. The van der Waals surface area contributed by atoms with Gasteiger partial charge in [-0.05, 0) is 21.8 Å². The van der Waals surface area contributed by atoms with Gasteiger partial charge in [0, 0.05) is 9.40 Å². The molecule has 1 heterocycles. The van der Waals surface area contributed by atoms with Crippen molar-refractivity contribution in [3.63, 3.8) is 0 Å². The lowest BCUT2D eigenvalue weighted by atomic mass is 9.63. The standard InChI is InChI=1S/C16H9B7S/c1-16(2,3)6-9(19)10(20)7(17)4-5-8(18)11(21)12(22)13(23)15(5)24-14(4)6/h1-3H3. The third-order valence-corrected chi connectivity index (χ3v) is 5.63. The molecule has 0 aliphatic rings. The van der Waals surface area contributed by atoms with Crippen molar-refractivity contribution in [1.29, 1.82) is 0 Å². The first-order chi connectivity index (χ1) is 11.0. The molecule has 1 aromatic heterocycles. The molecule has 0 atom stereocenters. The van der Waals surface area contributed by atoms with Crippen LogP contribution in [0.25, 0.3) is 20.2 Å². The first kappa shape index (κ1) is 17.9. The van der Waals surface area contributed by atoms with Gasteiger partial charge in [-0.1, -0.05) is 42.6 Å². The van der Waals surface area contributed by atoms with Crippen molar-refractivity contribution >= 4 is 125 Å². The zero-order valence-electron chi connectivity index (χ0n) is 13.9. The fraction of sp³-hybridized carbons (Fsp3) is 0.250. The van der Waals surface area contributed by atoms with Crippen LogP contribution in [0.3, 0.4) is 0 Å². The van der Waals surface area contributed by atoms with Crippen molar-refractivity contribution in [3.05, 3.63) is 5.56 Å². The van der Waals surface area contributed by atoms with Gasteiger partial charge in [-0.25, -0.2) is 0 Å². The summed E-state index contributed by atoms with van der Waals surface area (Å²) in [7, 11) is 43.2. The van der Waals surface area contributed by atoms with Gasteiger partial charge in [-0.15, -0.1) is 27.7 Å². The summed E-state index contributed by atoms with van der Waals surface area (Å²) < 4.78 is 1.65. The summed E-state index contributed by atoms with van der Waals surface area (Å²) in [6.45, 7) is 6.19. The second-order valence-electron chi connectivity index (χ2n) is 7.03. The molecule has 0 saturated carbocycles. The van der Waals surface area contributed by atoms with Crippen molar-refractivity contribution < 1.29 is 0 Å². The molecule has 3 rings (SSSR count). The maximum Gasteiger partial charge on any atom is 0.114 e. The fourth-order valence-corrected chi connectivity index (χ4v) is 4.71. The summed E-state index contributed by atoms with van der Waals surface area (Å²) >= 11 is 1.46. The van der Waals surface area contributed by atoms with Crippen LogP contribution in [0.1, 0.15) is 26.3 Å². The van der Waals surface area contributed by atoms with E-state index >= 15 is 0 Å². The molecule has 3 aromatic rings. The van der Waals surface area contributed by atoms with Crippen LogP contribution < -0.4 is 38.2 Å². The van der Waals surface area contributed by atoms with Crippen molar-refractivity contribution in [2.24, 2.45) is 0 Å². The first-order valence-electron chi connectivity index (χ1n) is 7.43. The molecule has 100 valence electrons. The third-order valence-electron chi connectivity index (χ3n) is 4.39. The van der Waals surface area contributed by atoms with E-state index in [4.69, 9.17) is 54.9 Å². The highest BCUT2D eigenvalue weighted by atomic mass is 32.1. The molecule has 24 heavy (non-hydrogen) atoms. The van der Waals surface area contributed by atoms with Crippen LogP contribution in [-0.2, 0) is 5.41 Å². The number of thiophene rings is 1. The Hall–Kier alpha value is -0.885. The zero-order chi connectivity index (χ0) is 18.1.